The Balaban J connectivity index is 1.78. The second-order valence-electron chi connectivity index (χ2n) is 6.09. The van der Waals surface area contributed by atoms with Crippen LogP contribution >= 0.6 is 11.6 Å². The molecule has 3 aromatic rings. The number of nitrogens with zero attached hydrogens (tertiary/aromatic N) is 4. The van der Waals surface area contributed by atoms with Gasteiger partial charge in [0.05, 0.1) is 17.3 Å². The van der Waals surface area contributed by atoms with Gasteiger partial charge in [0.25, 0.3) is 0 Å². The van der Waals surface area contributed by atoms with Crippen LogP contribution in [0.25, 0.3) is 5.65 Å². The molecule has 0 spiro atoms. The fraction of sp³-hybridized carbons (Fsp3) is 0.294. The first kappa shape index (κ1) is 18.1. The first-order valence-electron chi connectivity index (χ1n) is 7.94. The average molecular weight is 378 g/mol. The zero-order valence-corrected chi connectivity index (χ0v) is 15.2. The van der Waals surface area contributed by atoms with Gasteiger partial charge >= 0.3 is 5.69 Å². The van der Waals surface area contributed by atoms with Crippen LogP contribution in [0.2, 0.25) is 5.02 Å². The number of benzene rings is 1. The Morgan fingerprint density at radius 3 is 2.81 bits per heavy atom. The maximum atomic E-state index is 13.6. The fourth-order valence-corrected chi connectivity index (χ4v) is 2.66. The van der Waals surface area contributed by atoms with Gasteiger partial charge in [0.2, 0.25) is 5.91 Å². The second kappa shape index (κ2) is 6.87. The van der Waals surface area contributed by atoms with Crippen molar-refractivity contribution in [3.8, 4) is 0 Å². The molecule has 3 rings (SSSR count). The maximum Gasteiger partial charge on any atom is 0.367 e. The first-order valence-corrected chi connectivity index (χ1v) is 8.32. The number of hydrogen-bond acceptors (Lipinski definition) is 4. The summed E-state index contributed by atoms with van der Waals surface area (Å²) in [6, 6.07) is 3.87. The van der Waals surface area contributed by atoms with Gasteiger partial charge in [0, 0.05) is 5.56 Å². The van der Waals surface area contributed by atoms with Gasteiger partial charge in [-0.1, -0.05) is 17.7 Å². The number of halogens is 2. The summed E-state index contributed by atoms with van der Waals surface area (Å²) in [6.07, 6.45) is 1.58. The highest BCUT2D eigenvalue weighted by molar-refractivity contribution is 6.30. The number of amides is 1. The molecule has 26 heavy (non-hydrogen) atoms. The Kier molecular flexibility index (Phi) is 4.78. The second-order valence-corrected chi connectivity index (χ2v) is 6.50. The lowest BCUT2D eigenvalue weighted by Crippen LogP contribution is -2.34. The Hall–Kier alpha value is -2.74. The molecule has 0 saturated carbocycles. The summed E-state index contributed by atoms with van der Waals surface area (Å²) < 4.78 is 15.8. The number of hydrogen-bond donors (Lipinski definition) is 1. The third kappa shape index (κ3) is 3.32. The molecule has 1 aromatic carbocycles. The van der Waals surface area contributed by atoms with Crippen LogP contribution in [0, 0.1) is 19.7 Å². The van der Waals surface area contributed by atoms with Gasteiger partial charge in [-0.2, -0.15) is 9.61 Å². The van der Waals surface area contributed by atoms with Crippen molar-refractivity contribution in [1.82, 2.24) is 24.7 Å². The van der Waals surface area contributed by atoms with Gasteiger partial charge in [-0.15, -0.1) is 5.10 Å². The minimum atomic E-state index is -0.557. The van der Waals surface area contributed by atoms with E-state index in [1.807, 2.05) is 13.8 Å². The summed E-state index contributed by atoms with van der Waals surface area (Å²) in [4.78, 5) is 24.6. The normalized spacial score (nSPS) is 12.3. The summed E-state index contributed by atoms with van der Waals surface area (Å²) in [7, 11) is 0. The molecule has 0 radical (unpaired) electrons. The van der Waals surface area contributed by atoms with Crippen molar-refractivity contribution in [3.63, 3.8) is 0 Å². The molecule has 1 N–H and O–H groups in total. The standard InChI is InChI=1S/C17H17ClFN5O2/c1-9-7-20-24-16(10(9)2)22-23(17(24)26)8-15(25)21-11(3)12-4-5-13(18)14(19)6-12/h4-7,11H,8H2,1-3H3,(H,21,25)/t11-/m0/s1. The molecule has 9 heteroatoms. The minimum Gasteiger partial charge on any atom is -0.348 e. The molecule has 2 heterocycles. The molecule has 136 valence electrons. The highest BCUT2D eigenvalue weighted by Crippen LogP contribution is 2.20. The molecule has 0 unspecified atom stereocenters. The van der Waals surface area contributed by atoms with E-state index in [1.165, 1.54) is 12.1 Å². The zero-order valence-electron chi connectivity index (χ0n) is 14.5. The van der Waals surface area contributed by atoms with Crippen molar-refractivity contribution in [3.05, 3.63) is 62.4 Å². The number of rotatable bonds is 4. The maximum absolute atomic E-state index is 13.6. The molecule has 1 amide bonds. The van der Waals surface area contributed by atoms with E-state index in [2.05, 4.69) is 15.5 Å². The number of aromatic nitrogens is 4. The Morgan fingerprint density at radius 2 is 2.12 bits per heavy atom. The number of fused-ring (bicyclic) bond motifs is 1. The number of aryl methyl sites for hydroxylation is 2. The average Bonchev–Trinajstić information content (AvgIpc) is 2.90. The van der Waals surface area contributed by atoms with E-state index in [0.717, 1.165) is 20.3 Å². The molecule has 0 aliphatic carbocycles. The molecule has 2 aromatic heterocycles. The van der Waals surface area contributed by atoms with Crippen LogP contribution in [0.4, 0.5) is 4.39 Å². The van der Waals surface area contributed by atoms with Crippen LogP contribution in [0.3, 0.4) is 0 Å². The number of carbonyl (C=O) groups is 1. The molecule has 0 aliphatic heterocycles. The smallest absolute Gasteiger partial charge is 0.348 e. The molecule has 0 bridgehead atoms. The summed E-state index contributed by atoms with van der Waals surface area (Å²) in [5.41, 5.74) is 2.20. The first-order chi connectivity index (χ1) is 12.3. The third-order valence-corrected chi connectivity index (χ3v) is 4.53. The highest BCUT2D eigenvalue weighted by Gasteiger charge is 2.16. The Morgan fingerprint density at radius 1 is 1.38 bits per heavy atom. The summed E-state index contributed by atoms with van der Waals surface area (Å²) in [5.74, 6) is -0.980. The van der Waals surface area contributed by atoms with E-state index < -0.39 is 23.5 Å². The Labute approximate surface area is 153 Å². The Bertz CT molecular complexity index is 1060. The van der Waals surface area contributed by atoms with Gasteiger partial charge in [0.1, 0.15) is 12.4 Å². The van der Waals surface area contributed by atoms with Crippen LogP contribution in [0.5, 0.6) is 0 Å². The van der Waals surface area contributed by atoms with Crippen molar-refractivity contribution in [2.75, 3.05) is 0 Å². The van der Waals surface area contributed by atoms with Gasteiger partial charge in [-0.3, -0.25) is 4.79 Å². The molecule has 1 atom stereocenters. The lowest BCUT2D eigenvalue weighted by atomic mass is 10.1. The molecule has 0 aliphatic rings. The van der Waals surface area contributed by atoms with Crippen LogP contribution in [0.1, 0.15) is 29.7 Å². The van der Waals surface area contributed by atoms with Crippen LogP contribution < -0.4 is 11.0 Å². The van der Waals surface area contributed by atoms with E-state index >= 15 is 0 Å². The summed E-state index contributed by atoms with van der Waals surface area (Å²) in [6.45, 7) is 5.15. The van der Waals surface area contributed by atoms with E-state index in [-0.39, 0.29) is 11.6 Å². The van der Waals surface area contributed by atoms with Crippen molar-refractivity contribution < 1.29 is 9.18 Å². The predicted molar refractivity (Wildman–Crippen MR) is 94.7 cm³/mol. The van der Waals surface area contributed by atoms with Crippen molar-refractivity contribution in [2.45, 2.75) is 33.4 Å². The van der Waals surface area contributed by atoms with Gasteiger partial charge < -0.3 is 5.32 Å². The summed E-state index contributed by atoms with van der Waals surface area (Å²) >= 11 is 5.66. The number of carbonyl (C=O) groups excluding carboxylic acids is 1. The van der Waals surface area contributed by atoms with Gasteiger partial charge in [-0.25, -0.2) is 13.9 Å². The fourth-order valence-electron chi connectivity index (χ4n) is 2.55. The van der Waals surface area contributed by atoms with Crippen LogP contribution in [-0.2, 0) is 11.3 Å². The van der Waals surface area contributed by atoms with Crippen LogP contribution in [0.15, 0.2) is 29.2 Å². The van der Waals surface area contributed by atoms with Crippen molar-refractivity contribution in [1.29, 1.82) is 0 Å². The molecule has 0 fully saturated rings. The van der Waals surface area contributed by atoms with E-state index in [9.17, 15) is 14.0 Å². The molecule has 0 saturated heterocycles. The molecular formula is C17H17ClFN5O2. The minimum absolute atomic E-state index is 0.0155. The quantitative estimate of drug-likeness (QED) is 0.755. The predicted octanol–water partition coefficient (Wildman–Crippen LogP) is 2.18. The van der Waals surface area contributed by atoms with Crippen LogP contribution in [-0.4, -0.2) is 25.3 Å². The monoisotopic (exact) mass is 377 g/mol. The topological polar surface area (TPSA) is 81.3 Å². The molecular weight excluding hydrogens is 361 g/mol. The van der Waals surface area contributed by atoms with Gasteiger partial charge in [0.15, 0.2) is 5.65 Å². The van der Waals surface area contributed by atoms with Crippen molar-refractivity contribution >= 4 is 23.2 Å². The lowest BCUT2D eigenvalue weighted by molar-refractivity contribution is -0.122. The molecule has 7 nitrogen and oxygen atoms in total. The SMILES string of the molecule is Cc1cnn2c(=O)n(CC(=O)N[C@@H](C)c3ccc(Cl)c(F)c3)nc2c1C. The van der Waals surface area contributed by atoms with E-state index in [1.54, 1.807) is 19.2 Å². The zero-order chi connectivity index (χ0) is 19.0. The largest absolute Gasteiger partial charge is 0.367 e. The highest BCUT2D eigenvalue weighted by atomic mass is 35.5. The lowest BCUT2D eigenvalue weighted by Gasteiger charge is -2.14. The summed E-state index contributed by atoms with van der Waals surface area (Å²) in [5, 5.41) is 10.9. The van der Waals surface area contributed by atoms with E-state index in [0.29, 0.717) is 11.2 Å². The van der Waals surface area contributed by atoms with E-state index in [4.69, 9.17) is 11.6 Å². The van der Waals surface area contributed by atoms with Gasteiger partial charge in [-0.05, 0) is 44.0 Å². The number of nitrogens with one attached hydrogen (secondary N) is 1. The third-order valence-electron chi connectivity index (χ3n) is 4.23. The van der Waals surface area contributed by atoms with Crippen molar-refractivity contribution in [2.24, 2.45) is 0 Å².